The van der Waals surface area contributed by atoms with Crippen molar-refractivity contribution >= 4 is 6.09 Å². The quantitative estimate of drug-likeness (QED) is 0.838. The van der Waals surface area contributed by atoms with Gasteiger partial charge in [-0.1, -0.05) is 30.3 Å². The third kappa shape index (κ3) is 3.27. The minimum absolute atomic E-state index is 0.167. The van der Waals surface area contributed by atoms with Gasteiger partial charge in [0.25, 0.3) is 0 Å². The van der Waals surface area contributed by atoms with Crippen LogP contribution in [0.15, 0.2) is 30.3 Å². The molecule has 0 bridgehead atoms. The van der Waals surface area contributed by atoms with Gasteiger partial charge in [0.15, 0.2) is 0 Å². The second-order valence-corrected chi connectivity index (χ2v) is 7.38. The first-order valence-electron chi connectivity index (χ1n) is 8.22. The Balaban J connectivity index is 1.71. The van der Waals surface area contributed by atoms with E-state index in [1.165, 1.54) is 12.0 Å². The lowest BCUT2D eigenvalue weighted by atomic mass is 10.1. The number of likely N-dealkylation sites (tertiary alicyclic amines) is 2. The monoisotopic (exact) mass is 302 g/mol. The van der Waals surface area contributed by atoms with Gasteiger partial charge in [0.1, 0.15) is 5.60 Å². The summed E-state index contributed by atoms with van der Waals surface area (Å²) in [6.07, 6.45) is 2.31. The van der Waals surface area contributed by atoms with Crippen LogP contribution in [0.2, 0.25) is 0 Å². The van der Waals surface area contributed by atoms with Gasteiger partial charge in [-0.2, -0.15) is 0 Å². The van der Waals surface area contributed by atoms with E-state index < -0.39 is 5.60 Å². The fraction of sp³-hybridized carbons (Fsp3) is 0.611. The molecule has 22 heavy (non-hydrogen) atoms. The Bertz CT molecular complexity index is 524. The largest absolute Gasteiger partial charge is 0.444 e. The molecule has 1 aromatic rings. The average Bonchev–Trinajstić information content (AvgIpc) is 3.01. The zero-order chi connectivity index (χ0) is 15.7. The zero-order valence-electron chi connectivity index (χ0n) is 13.8. The molecular weight excluding hydrogens is 276 g/mol. The third-order valence-corrected chi connectivity index (χ3v) is 4.50. The summed E-state index contributed by atoms with van der Waals surface area (Å²) in [7, 11) is 0. The average molecular weight is 302 g/mol. The number of carbonyl (C=O) groups is 1. The Hall–Kier alpha value is -1.55. The number of rotatable bonds is 2. The minimum Gasteiger partial charge on any atom is -0.444 e. The van der Waals surface area contributed by atoms with Gasteiger partial charge in [0, 0.05) is 19.6 Å². The Kier molecular flexibility index (Phi) is 4.13. The predicted octanol–water partition coefficient (Wildman–Crippen LogP) is 3.48. The molecule has 0 spiro atoms. The van der Waals surface area contributed by atoms with Crippen molar-refractivity contribution in [2.45, 2.75) is 51.9 Å². The topological polar surface area (TPSA) is 32.8 Å². The number of carbonyl (C=O) groups excluding carboxylic acids is 1. The molecule has 0 N–H and O–H groups in total. The molecule has 2 aliphatic rings. The first-order chi connectivity index (χ1) is 10.4. The highest BCUT2D eigenvalue weighted by Crippen LogP contribution is 2.37. The van der Waals surface area contributed by atoms with Crippen molar-refractivity contribution in [3.05, 3.63) is 35.9 Å². The molecule has 4 nitrogen and oxygen atoms in total. The van der Waals surface area contributed by atoms with E-state index in [0.29, 0.717) is 5.92 Å². The van der Waals surface area contributed by atoms with Gasteiger partial charge < -0.3 is 4.74 Å². The van der Waals surface area contributed by atoms with Crippen LogP contribution in [0, 0.1) is 5.92 Å². The summed E-state index contributed by atoms with van der Waals surface area (Å²) < 4.78 is 5.59. The summed E-state index contributed by atoms with van der Waals surface area (Å²) in [5, 5.41) is 0. The van der Waals surface area contributed by atoms with Crippen LogP contribution in [-0.2, 0) is 11.3 Å². The van der Waals surface area contributed by atoms with Crippen molar-refractivity contribution in [2.75, 3.05) is 13.1 Å². The summed E-state index contributed by atoms with van der Waals surface area (Å²) in [5.74, 6) is 0.594. The molecule has 2 heterocycles. The number of ether oxygens (including phenoxy) is 1. The van der Waals surface area contributed by atoms with Crippen LogP contribution in [0.1, 0.15) is 39.2 Å². The predicted molar refractivity (Wildman–Crippen MR) is 86.3 cm³/mol. The fourth-order valence-corrected chi connectivity index (χ4v) is 3.60. The summed E-state index contributed by atoms with van der Waals surface area (Å²) in [6, 6.07) is 10.5. The van der Waals surface area contributed by atoms with E-state index in [1.54, 1.807) is 0 Å². The van der Waals surface area contributed by atoms with E-state index in [0.717, 1.165) is 26.1 Å². The molecule has 1 amide bonds. The molecule has 0 aromatic heterocycles. The number of fused-ring (bicyclic) bond motifs is 1. The molecule has 4 heteroatoms. The van der Waals surface area contributed by atoms with Crippen molar-refractivity contribution < 1.29 is 9.53 Å². The summed E-state index contributed by atoms with van der Waals surface area (Å²) in [6.45, 7) is 8.55. The van der Waals surface area contributed by atoms with Gasteiger partial charge in [-0.25, -0.2) is 4.79 Å². The normalized spacial score (nSPS) is 25.3. The van der Waals surface area contributed by atoms with Gasteiger partial charge >= 0.3 is 6.09 Å². The number of amides is 1. The van der Waals surface area contributed by atoms with E-state index in [4.69, 9.17) is 4.74 Å². The number of nitrogens with zero attached hydrogens (tertiary/aromatic N) is 2. The lowest BCUT2D eigenvalue weighted by Crippen LogP contribution is -2.47. The van der Waals surface area contributed by atoms with Crippen LogP contribution in [0.3, 0.4) is 0 Å². The van der Waals surface area contributed by atoms with E-state index in [2.05, 4.69) is 29.2 Å². The molecule has 2 saturated heterocycles. The maximum absolute atomic E-state index is 12.5. The number of hydrogen-bond donors (Lipinski definition) is 0. The maximum Gasteiger partial charge on any atom is 0.411 e. The van der Waals surface area contributed by atoms with Gasteiger partial charge in [-0.3, -0.25) is 9.80 Å². The van der Waals surface area contributed by atoms with Gasteiger partial charge in [0.2, 0.25) is 0 Å². The molecule has 1 aromatic carbocycles. The van der Waals surface area contributed by atoms with Crippen molar-refractivity contribution in [1.82, 2.24) is 9.80 Å². The minimum atomic E-state index is -0.433. The Morgan fingerprint density at radius 2 is 1.86 bits per heavy atom. The highest BCUT2D eigenvalue weighted by Gasteiger charge is 2.45. The van der Waals surface area contributed by atoms with Crippen LogP contribution >= 0.6 is 0 Å². The van der Waals surface area contributed by atoms with E-state index in [1.807, 2.05) is 31.7 Å². The van der Waals surface area contributed by atoms with Gasteiger partial charge in [-0.05, 0) is 45.1 Å². The second-order valence-electron chi connectivity index (χ2n) is 7.38. The van der Waals surface area contributed by atoms with Crippen LogP contribution in [-0.4, -0.2) is 40.7 Å². The van der Waals surface area contributed by atoms with E-state index in [-0.39, 0.29) is 12.3 Å². The lowest BCUT2D eigenvalue weighted by Gasteiger charge is -2.33. The molecule has 2 aliphatic heterocycles. The lowest BCUT2D eigenvalue weighted by molar-refractivity contribution is 0.00322. The molecule has 2 atom stereocenters. The van der Waals surface area contributed by atoms with Crippen molar-refractivity contribution in [3.8, 4) is 0 Å². The molecule has 0 saturated carbocycles. The first kappa shape index (κ1) is 15.3. The molecule has 120 valence electrons. The van der Waals surface area contributed by atoms with Crippen LogP contribution in [0.5, 0.6) is 0 Å². The fourth-order valence-electron chi connectivity index (χ4n) is 3.60. The van der Waals surface area contributed by atoms with E-state index >= 15 is 0 Å². The number of benzene rings is 1. The molecule has 0 radical (unpaired) electrons. The van der Waals surface area contributed by atoms with Gasteiger partial charge in [0.05, 0.1) is 6.17 Å². The highest BCUT2D eigenvalue weighted by molar-refractivity contribution is 5.69. The smallest absolute Gasteiger partial charge is 0.411 e. The number of hydrogen-bond acceptors (Lipinski definition) is 3. The Morgan fingerprint density at radius 1 is 1.18 bits per heavy atom. The highest BCUT2D eigenvalue weighted by atomic mass is 16.6. The molecule has 2 fully saturated rings. The Labute approximate surface area is 133 Å². The maximum atomic E-state index is 12.5. The van der Waals surface area contributed by atoms with Crippen molar-refractivity contribution in [3.63, 3.8) is 0 Å². The molecule has 2 unspecified atom stereocenters. The standard InChI is InChI=1S/C18H26N2O2/c1-18(2,3)22-17(21)20-12-10-15-9-11-19(16(15)20)13-14-7-5-4-6-8-14/h4-8,15-16H,9-13H2,1-3H3. The third-order valence-electron chi connectivity index (χ3n) is 4.50. The summed E-state index contributed by atoms with van der Waals surface area (Å²) in [5.41, 5.74) is 0.872. The van der Waals surface area contributed by atoms with Gasteiger partial charge in [-0.15, -0.1) is 0 Å². The SMILES string of the molecule is CC(C)(C)OC(=O)N1CCC2CCN(Cc3ccccc3)C21. The Morgan fingerprint density at radius 3 is 2.55 bits per heavy atom. The summed E-state index contributed by atoms with van der Waals surface area (Å²) >= 11 is 0. The molecule has 0 aliphatic carbocycles. The van der Waals surface area contributed by atoms with Crippen LogP contribution in [0.4, 0.5) is 4.79 Å². The van der Waals surface area contributed by atoms with E-state index in [9.17, 15) is 4.79 Å². The zero-order valence-corrected chi connectivity index (χ0v) is 13.8. The first-order valence-corrected chi connectivity index (χ1v) is 8.22. The van der Waals surface area contributed by atoms with Crippen LogP contribution in [0.25, 0.3) is 0 Å². The molecular formula is C18H26N2O2. The van der Waals surface area contributed by atoms with Crippen molar-refractivity contribution in [2.24, 2.45) is 5.92 Å². The molecule has 3 rings (SSSR count). The van der Waals surface area contributed by atoms with Crippen molar-refractivity contribution in [1.29, 1.82) is 0 Å². The second kappa shape index (κ2) is 5.92. The van der Waals surface area contributed by atoms with Crippen LogP contribution < -0.4 is 0 Å². The summed E-state index contributed by atoms with van der Waals surface area (Å²) in [4.78, 5) is 16.8.